The Morgan fingerprint density at radius 3 is 3.21 bits per heavy atom. The van der Waals surface area contributed by atoms with Crippen LogP contribution in [0.1, 0.15) is 24.6 Å². The summed E-state index contributed by atoms with van der Waals surface area (Å²) in [5, 5.41) is 5.95. The molecule has 0 radical (unpaired) electrons. The van der Waals surface area contributed by atoms with Crippen molar-refractivity contribution in [2.45, 2.75) is 29.2 Å². The summed E-state index contributed by atoms with van der Waals surface area (Å²) >= 11 is 3.38. The molecule has 19 heavy (non-hydrogen) atoms. The van der Waals surface area contributed by atoms with Crippen LogP contribution in [0.4, 0.5) is 0 Å². The van der Waals surface area contributed by atoms with Gasteiger partial charge in [-0.15, -0.1) is 23.1 Å². The van der Waals surface area contributed by atoms with E-state index in [9.17, 15) is 4.79 Å². The normalized spacial score (nSPS) is 10.6. The number of methoxy groups -OCH3 is 1. The molecule has 0 atom stereocenters. The zero-order valence-corrected chi connectivity index (χ0v) is 12.1. The zero-order chi connectivity index (χ0) is 13.5. The van der Waals surface area contributed by atoms with Crippen LogP contribution in [0.15, 0.2) is 26.2 Å². The van der Waals surface area contributed by atoms with Crippen molar-refractivity contribution in [1.29, 1.82) is 0 Å². The van der Waals surface area contributed by atoms with Gasteiger partial charge in [-0.2, -0.15) is 4.98 Å². The lowest BCUT2D eigenvalue weighted by atomic mass is 10.2. The minimum atomic E-state index is -0.215. The SMILES string of the molecule is COC(=O)CCCc1nc(CSc2cccs2)no1. The number of aromatic nitrogens is 2. The Bertz CT molecular complexity index is 511. The Morgan fingerprint density at radius 1 is 1.58 bits per heavy atom. The van der Waals surface area contributed by atoms with E-state index in [4.69, 9.17) is 4.52 Å². The minimum Gasteiger partial charge on any atom is -0.469 e. The molecule has 2 heterocycles. The van der Waals surface area contributed by atoms with Crippen molar-refractivity contribution >= 4 is 29.1 Å². The van der Waals surface area contributed by atoms with E-state index in [1.54, 1.807) is 23.1 Å². The molecule has 102 valence electrons. The molecule has 0 spiro atoms. The van der Waals surface area contributed by atoms with Crippen LogP contribution in [-0.2, 0) is 21.7 Å². The predicted octanol–water partition coefficient (Wildman–Crippen LogP) is 2.92. The average Bonchev–Trinajstić information content (AvgIpc) is 3.07. The van der Waals surface area contributed by atoms with E-state index in [0.29, 0.717) is 36.7 Å². The number of hydrogen-bond acceptors (Lipinski definition) is 7. The van der Waals surface area contributed by atoms with Crippen LogP contribution in [-0.4, -0.2) is 23.2 Å². The third-order valence-corrected chi connectivity index (χ3v) is 4.47. The molecule has 0 aromatic carbocycles. The smallest absolute Gasteiger partial charge is 0.305 e. The first-order valence-corrected chi connectivity index (χ1v) is 7.69. The first-order valence-electron chi connectivity index (χ1n) is 5.82. The van der Waals surface area contributed by atoms with Gasteiger partial charge in [-0.3, -0.25) is 4.79 Å². The Labute approximate surface area is 119 Å². The van der Waals surface area contributed by atoms with Gasteiger partial charge in [0.05, 0.1) is 17.1 Å². The number of carbonyl (C=O) groups is 1. The Balaban J connectivity index is 1.74. The fourth-order valence-electron chi connectivity index (χ4n) is 1.42. The molecule has 2 rings (SSSR count). The van der Waals surface area contributed by atoms with E-state index in [1.165, 1.54) is 11.3 Å². The number of nitrogens with zero attached hydrogens (tertiary/aromatic N) is 2. The van der Waals surface area contributed by atoms with Crippen LogP contribution < -0.4 is 0 Å². The van der Waals surface area contributed by atoms with E-state index >= 15 is 0 Å². The fourth-order valence-corrected chi connectivity index (χ4v) is 3.05. The van der Waals surface area contributed by atoms with Crippen molar-refractivity contribution in [2.75, 3.05) is 7.11 Å². The van der Waals surface area contributed by atoms with Gasteiger partial charge in [0.25, 0.3) is 0 Å². The molecule has 0 N–H and O–H groups in total. The molecular formula is C12H14N2O3S2. The lowest BCUT2D eigenvalue weighted by Gasteiger charge is -1.95. The molecule has 5 nitrogen and oxygen atoms in total. The van der Waals surface area contributed by atoms with Gasteiger partial charge >= 0.3 is 5.97 Å². The van der Waals surface area contributed by atoms with E-state index in [-0.39, 0.29) is 5.97 Å². The lowest BCUT2D eigenvalue weighted by Crippen LogP contribution is -2.00. The number of rotatable bonds is 7. The number of thioether (sulfide) groups is 1. The molecular weight excluding hydrogens is 284 g/mol. The molecule has 0 amide bonds. The molecule has 7 heteroatoms. The van der Waals surface area contributed by atoms with Crippen molar-refractivity contribution in [3.05, 3.63) is 29.2 Å². The average molecular weight is 298 g/mol. The third kappa shape index (κ3) is 4.68. The van der Waals surface area contributed by atoms with Crippen LogP contribution in [0.25, 0.3) is 0 Å². The van der Waals surface area contributed by atoms with Crippen LogP contribution in [0, 0.1) is 0 Å². The summed E-state index contributed by atoms with van der Waals surface area (Å²) in [6.45, 7) is 0. The number of thiophene rings is 1. The van der Waals surface area contributed by atoms with Gasteiger partial charge in [-0.1, -0.05) is 11.2 Å². The van der Waals surface area contributed by atoms with Gasteiger partial charge in [-0.05, 0) is 17.9 Å². The predicted molar refractivity (Wildman–Crippen MR) is 73.1 cm³/mol. The van der Waals surface area contributed by atoms with Crippen LogP contribution in [0.3, 0.4) is 0 Å². The molecule has 2 aromatic rings. The second-order valence-electron chi connectivity index (χ2n) is 3.75. The molecule has 0 saturated carbocycles. The second-order valence-corrected chi connectivity index (χ2v) is 5.98. The summed E-state index contributed by atoms with van der Waals surface area (Å²) in [6, 6.07) is 4.08. The molecule has 0 aliphatic carbocycles. The minimum absolute atomic E-state index is 0.215. The van der Waals surface area contributed by atoms with Gasteiger partial charge in [0, 0.05) is 12.8 Å². The van der Waals surface area contributed by atoms with E-state index in [2.05, 4.69) is 20.9 Å². The van der Waals surface area contributed by atoms with E-state index < -0.39 is 0 Å². The van der Waals surface area contributed by atoms with Crippen LogP contribution >= 0.6 is 23.1 Å². The van der Waals surface area contributed by atoms with Crippen molar-refractivity contribution < 1.29 is 14.1 Å². The number of hydrogen-bond donors (Lipinski definition) is 0. The van der Waals surface area contributed by atoms with Gasteiger partial charge in [0.15, 0.2) is 5.82 Å². The molecule has 0 unspecified atom stereocenters. The second kappa shape index (κ2) is 7.30. The summed E-state index contributed by atoms with van der Waals surface area (Å²) in [5.74, 6) is 1.74. The number of esters is 1. The van der Waals surface area contributed by atoms with Gasteiger partial charge in [0.1, 0.15) is 0 Å². The molecule has 0 bridgehead atoms. The van der Waals surface area contributed by atoms with Gasteiger partial charge < -0.3 is 9.26 Å². The first-order chi connectivity index (χ1) is 9.28. The summed E-state index contributed by atoms with van der Waals surface area (Å²) in [4.78, 5) is 15.2. The molecule has 0 fully saturated rings. The van der Waals surface area contributed by atoms with Crippen molar-refractivity contribution in [3.8, 4) is 0 Å². The van der Waals surface area contributed by atoms with E-state index in [0.717, 1.165) is 0 Å². The molecule has 0 saturated heterocycles. The summed E-state index contributed by atoms with van der Waals surface area (Å²) < 4.78 is 10.9. The highest BCUT2D eigenvalue weighted by atomic mass is 32.2. The highest BCUT2D eigenvalue weighted by molar-refractivity contribution is 8.00. The Hall–Kier alpha value is -1.34. The quantitative estimate of drug-likeness (QED) is 0.578. The number of carbonyl (C=O) groups excluding carboxylic acids is 1. The first kappa shape index (κ1) is 14.1. The largest absolute Gasteiger partial charge is 0.469 e. The molecule has 0 aliphatic heterocycles. The zero-order valence-electron chi connectivity index (χ0n) is 10.5. The van der Waals surface area contributed by atoms with Gasteiger partial charge in [-0.25, -0.2) is 0 Å². The molecule has 2 aromatic heterocycles. The number of aryl methyl sites for hydroxylation is 1. The highest BCUT2D eigenvalue weighted by Crippen LogP contribution is 2.25. The topological polar surface area (TPSA) is 65.2 Å². The maximum Gasteiger partial charge on any atom is 0.305 e. The summed E-state index contributed by atoms with van der Waals surface area (Å²) in [5.41, 5.74) is 0. The molecule has 0 aliphatic rings. The van der Waals surface area contributed by atoms with Crippen molar-refractivity contribution in [2.24, 2.45) is 0 Å². The summed E-state index contributed by atoms with van der Waals surface area (Å²) in [7, 11) is 1.38. The number of ether oxygens (including phenoxy) is 1. The van der Waals surface area contributed by atoms with Crippen molar-refractivity contribution in [1.82, 2.24) is 10.1 Å². The van der Waals surface area contributed by atoms with E-state index in [1.807, 2.05) is 11.4 Å². The Kier molecular flexibility index (Phi) is 5.41. The fraction of sp³-hybridized carbons (Fsp3) is 0.417. The third-order valence-electron chi connectivity index (χ3n) is 2.35. The maximum absolute atomic E-state index is 11.0. The lowest BCUT2D eigenvalue weighted by molar-refractivity contribution is -0.140. The van der Waals surface area contributed by atoms with Crippen LogP contribution in [0.5, 0.6) is 0 Å². The standard InChI is InChI=1S/C12H14N2O3S2/c1-16-11(15)5-2-4-10-13-9(14-17-10)8-19-12-6-3-7-18-12/h3,6-7H,2,4-5,8H2,1H3. The monoisotopic (exact) mass is 298 g/mol. The van der Waals surface area contributed by atoms with Crippen molar-refractivity contribution in [3.63, 3.8) is 0 Å². The Morgan fingerprint density at radius 2 is 2.47 bits per heavy atom. The van der Waals surface area contributed by atoms with Gasteiger partial charge in [0.2, 0.25) is 5.89 Å². The maximum atomic E-state index is 11.0. The summed E-state index contributed by atoms with van der Waals surface area (Å²) in [6.07, 6.45) is 1.64. The van der Waals surface area contributed by atoms with Crippen LogP contribution in [0.2, 0.25) is 0 Å². The highest BCUT2D eigenvalue weighted by Gasteiger charge is 2.08.